The van der Waals surface area contributed by atoms with Crippen LogP contribution in [0.15, 0.2) is 48.7 Å². The molecule has 1 N–H and O–H groups in total. The second-order valence-corrected chi connectivity index (χ2v) is 7.34. The molecule has 2 aromatic rings. The van der Waals surface area contributed by atoms with Gasteiger partial charge in [-0.25, -0.2) is 4.79 Å². The van der Waals surface area contributed by atoms with Crippen LogP contribution in [0.4, 0.5) is 11.4 Å². The normalized spacial score (nSPS) is 13.7. The van der Waals surface area contributed by atoms with Crippen LogP contribution in [-0.4, -0.2) is 53.7 Å². The third-order valence-electron chi connectivity index (χ3n) is 4.73. The van der Waals surface area contributed by atoms with E-state index in [2.05, 4.69) is 4.98 Å². The number of carboxylic acid groups (broad SMARTS) is 1. The number of pyridine rings is 1. The summed E-state index contributed by atoms with van der Waals surface area (Å²) in [6.07, 6.45) is 5.23. The summed E-state index contributed by atoms with van der Waals surface area (Å²) in [4.78, 5) is 44.2. The quantitative estimate of drug-likeness (QED) is 0.518. The molecule has 1 aliphatic rings. The molecule has 31 heavy (non-hydrogen) atoms. The topological polar surface area (TPSA) is 100 Å². The molecule has 0 bridgehead atoms. The van der Waals surface area contributed by atoms with Crippen molar-refractivity contribution in [2.75, 3.05) is 29.5 Å². The number of hydrogen-bond acceptors (Lipinski definition) is 5. The molecule has 0 atom stereocenters. The number of hydrogen-bond donors (Lipinski definition) is 1. The summed E-state index contributed by atoms with van der Waals surface area (Å²) in [5, 5.41) is 9.38. The van der Waals surface area contributed by atoms with Crippen LogP contribution in [0, 0.1) is 0 Å². The van der Waals surface area contributed by atoms with Gasteiger partial charge in [-0.3, -0.25) is 19.5 Å². The molecule has 2 amide bonds. The number of rotatable bonds is 8. The summed E-state index contributed by atoms with van der Waals surface area (Å²) >= 11 is 0. The van der Waals surface area contributed by atoms with Crippen LogP contribution < -0.4 is 9.80 Å². The molecular formula is C23H25N3O5. The molecule has 2 heterocycles. The van der Waals surface area contributed by atoms with Crippen molar-refractivity contribution >= 4 is 35.2 Å². The molecule has 8 nitrogen and oxygen atoms in total. The molecule has 0 fully saturated rings. The van der Waals surface area contributed by atoms with Gasteiger partial charge in [0.15, 0.2) is 0 Å². The number of ether oxygens (including phenoxy) is 1. The zero-order valence-corrected chi connectivity index (χ0v) is 17.5. The number of benzene rings is 1. The summed E-state index contributed by atoms with van der Waals surface area (Å²) in [5.74, 6) is -1.77. The Morgan fingerprint density at radius 3 is 2.71 bits per heavy atom. The van der Waals surface area contributed by atoms with Crippen LogP contribution in [0.5, 0.6) is 0 Å². The summed E-state index contributed by atoms with van der Waals surface area (Å²) in [6.45, 7) is 4.62. The maximum Gasteiger partial charge on any atom is 0.335 e. The highest BCUT2D eigenvalue weighted by molar-refractivity contribution is 6.15. The van der Waals surface area contributed by atoms with Crippen molar-refractivity contribution in [3.63, 3.8) is 0 Å². The molecule has 0 spiro atoms. The zero-order chi connectivity index (χ0) is 22.4. The molecule has 1 aromatic heterocycles. The summed E-state index contributed by atoms with van der Waals surface area (Å²) in [5.41, 5.74) is 1.54. The molecular weight excluding hydrogens is 398 g/mol. The molecule has 8 heteroatoms. The maximum absolute atomic E-state index is 12.9. The average Bonchev–Trinajstić information content (AvgIpc) is 2.76. The minimum Gasteiger partial charge on any atom is -0.478 e. The van der Waals surface area contributed by atoms with E-state index in [9.17, 15) is 19.5 Å². The van der Waals surface area contributed by atoms with Gasteiger partial charge in [0.05, 0.1) is 28.7 Å². The van der Waals surface area contributed by atoms with Crippen molar-refractivity contribution in [1.29, 1.82) is 0 Å². The van der Waals surface area contributed by atoms with Crippen molar-refractivity contribution < 1.29 is 24.2 Å². The Labute approximate surface area is 180 Å². The lowest BCUT2D eigenvalue weighted by Gasteiger charge is -2.36. The average molecular weight is 423 g/mol. The third kappa shape index (κ3) is 5.55. The van der Waals surface area contributed by atoms with Gasteiger partial charge in [0.1, 0.15) is 6.54 Å². The number of aromatic nitrogens is 1. The minimum atomic E-state index is -1.10. The summed E-state index contributed by atoms with van der Waals surface area (Å²) < 4.78 is 5.54. The van der Waals surface area contributed by atoms with E-state index in [1.807, 2.05) is 13.8 Å². The standard InChI is InChI=1S/C23H25N3O5/c1-16(2)31-13-5-12-25-19-9-7-17(23(29)30)14-20(19)26(15-22(25)28)21(27)10-8-18-6-3-4-11-24-18/h3-4,6-11,14,16H,5,12-13,15H2,1-2H3,(H,29,30)/b10-8+. The first kappa shape index (κ1) is 22.2. The lowest BCUT2D eigenvalue weighted by atomic mass is 10.1. The van der Waals surface area contributed by atoms with Gasteiger partial charge in [0, 0.05) is 25.4 Å². The van der Waals surface area contributed by atoms with E-state index in [0.29, 0.717) is 36.6 Å². The van der Waals surface area contributed by atoms with Crippen molar-refractivity contribution in [1.82, 2.24) is 4.98 Å². The number of nitrogens with zero attached hydrogens (tertiary/aromatic N) is 3. The smallest absolute Gasteiger partial charge is 0.335 e. The number of aromatic carboxylic acids is 1. The van der Waals surface area contributed by atoms with E-state index < -0.39 is 11.9 Å². The van der Waals surface area contributed by atoms with Gasteiger partial charge in [-0.2, -0.15) is 0 Å². The van der Waals surface area contributed by atoms with Crippen molar-refractivity contribution in [2.45, 2.75) is 26.4 Å². The summed E-state index contributed by atoms with van der Waals surface area (Å²) in [7, 11) is 0. The number of amides is 2. The fourth-order valence-corrected chi connectivity index (χ4v) is 3.25. The van der Waals surface area contributed by atoms with Crippen LogP contribution in [0.2, 0.25) is 0 Å². The molecule has 3 rings (SSSR count). The highest BCUT2D eigenvalue weighted by Gasteiger charge is 2.32. The first-order chi connectivity index (χ1) is 14.9. The molecule has 0 radical (unpaired) electrons. The lowest BCUT2D eigenvalue weighted by molar-refractivity contribution is -0.120. The van der Waals surface area contributed by atoms with Crippen LogP contribution in [0.1, 0.15) is 36.3 Å². The van der Waals surface area contributed by atoms with Gasteiger partial charge in [-0.15, -0.1) is 0 Å². The SMILES string of the molecule is CC(C)OCCCN1C(=O)CN(C(=O)/C=C/c2ccccn2)c2cc(C(=O)O)ccc21. The number of carboxylic acids is 1. The number of carbonyl (C=O) groups excluding carboxylic acids is 2. The van der Waals surface area contributed by atoms with Crippen LogP contribution >= 0.6 is 0 Å². The lowest BCUT2D eigenvalue weighted by Crippen LogP contribution is -2.48. The van der Waals surface area contributed by atoms with E-state index in [-0.39, 0.29) is 24.1 Å². The highest BCUT2D eigenvalue weighted by Crippen LogP contribution is 2.35. The molecule has 162 valence electrons. The predicted molar refractivity (Wildman–Crippen MR) is 117 cm³/mol. The number of fused-ring (bicyclic) bond motifs is 1. The monoisotopic (exact) mass is 423 g/mol. The third-order valence-corrected chi connectivity index (χ3v) is 4.73. The Morgan fingerprint density at radius 2 is 2.03 bits per heavy atom. The van der Waals surface area contributed by atoms with Crippen LogP contribution in [0.25, 0.3) is 6.08 Å². The Balaban J connectivity index is 1.87. The first-order valence-corrected chi connectivity index (χ1v) is 10.1. The fraction of sp³-hybridized carbons (Fsp3) is 0.304. The van der Waals surface area contributed by atoms with Crippen molar-refractivity contribution in [3.05, 3.63) is 59.9 Å². The molecule has 1 aliphatic heterocycles. The van der Waals surface area contributed by atoms with Gasteiger partial charge in [0.25, 0.3) is 5.91 Å². The van der Waals surface area contributed by atoms with Crippen molar-refractivity contribution in [2.24, 2.45) is 0 Å². The van der Waals surface area contributed by atoms with Gasteiger partial charge in [0.2, 0.25) is 5.91 Å². The Hall–Kier alpha value is -3.52. The number of anilines is 2. The second kappa shape index (κ2) is 9.99. The van der Waals surface area contributed by atoms with E-state index in [0.717, 1.165) is 0 Å². The van der Waals surface area contributed by atoms with Crippen LogP contribution in [-0.2, 0) is 14.3 Å². The van der Waals surface area contributed by atoms with Gasteiger partial charge in [-0.05, 0) is 56.7 Å². The maximum atomic E-state index is 12.9. The van der Waals surface area contributed by atoms with Crippen LogP contribution in [0.3, 0.4) is 0 Å². The van der Waals surface area contributed by atoms with E-state index >= 15 is 0 Å². The molecule has 0 unspecified atom stereocenters. The van der Waals surface area contributed by atoms with Crippen molar-refractivity contribution in [3.8, 4) is 0 Å². The molecule has 0 aliphatic carbocycles. The Bertz CT molecular complexity index is 988. The van der Waals surface area contributed by atoms with E-state index in [4.69, 9.17) is 4.74 Å². The fourth-order valence-electron chi connectivity index (χ4n) is 3.25. The van der Waals surface area contributed by atoms with E-state index in [1.165, 1.54) is 23.1 Å². The number of carbonyl (C=O) groups is 3. The zero-order valence-electron chi connectivity index (χ0n) is 17.5. The largest absolute Gasteiger partial charge is 0.478 e. The highest BCUT2D eigenvalue weighted by atomic mass is 16.5. The Morgan fingerprint density at radius 1 is 1.23 bits per heavy atom. The second-order valence-electron chi connectivity index (χ2n) is 7.34. The molecule has 0 saturated carbocycles. The molecule has 1 aromatic carbocycles. The van der Waals surface area contributed by atoms with E-state index in [1.54, 1.807) is 41.4 Å². The predicted octanol–water partition coefficient (Wildman–Crippen LogP) is 2.99. The van der Waals surface area contributed by atoms with Gasteiger partial charge < -0.3 is 14.7 Å². The molecule has 0 saturated heterocycles. The summed E-state index contributed by atoms with van der Waals surface area (Å²) in [6, 6.07) is 9.76. The Kier molecular flexibility index (Phi) is 7.15. The first-order valence-electron chi connectivity index (χ1n) is 10.1. The van der Waals surface area contributed by atoms with Gasteiger partial charge >= 0.3 is 5.97 Å². The van der Waals surface area contributed by atoms with Gasteiger partial charge in [-0.1, -0.05) is 6.07 Å². The minimum absolute atomic E-state index is 0.0442.